The van der Waals surface area contributed by atoms with E-state index in [2.05, 4.69) is 74.1 Å². The van der Waals surface area contributed by atoms with Gasteiger partial charge in [0, 0.05) is 29.9 Å². The summed E-state index contributed by atoms with van der Waals surface area (Å²) in [5, 5.41) is 0. The third kappa shape index (κ3) is 8.40. The van der Waals surface area contributed by atoms with Gasteiger partial charge in [0.1, 0.15) is 0 Å². The molecule has 0 aromatic heterocycles. The minimum absolute atomic E-state index is 0.0915. The van der Waals surface area contributed by atoms with Crippen molar-refractivity contribution in [3.63, 3.8) is 0 Å². The molecule has 0 aliphatic heterocycles. The van der Waals surface area contributed by atoms with Gasteiger partial charge >= 0.3 is 0 Å². The largest absolute Gasteiger partial charge is 0.375 e. The molecule has 2 atom stereocenters. The second kappa shape index (κ2) is 12.4. The lowest BCUT2D eigenvalue weighted by molar-refractivity contribution is -0.0682. The van der Waals surface area contributed by atoms with Crippen LogP contribution in [0.25, 0.3) is 0 Å². The topological polar surface area (TPSA) is 38.8 Å². The van der Waals surface area contributed by atoms with Crippen molar-refractivity contribution in [3.05, 3.63) is 35.9 Å². The molecule has 0 bridgehead atoms. The summed E-state index contributed by atoms with van der Waals surface area (Å²) >= 11 is 0. The predicted octanol–water partition coefficient (Wildman–Crippen LogP) is 7.66. The molecule has 4 heteroatoms. The Hall–Kier alpha value is -1.39. The van der Waals surface area contributed by atoms with E-state index >= 15 is 0 Å². The van der Waals surface area contributed by atoms with Crippen molar-refractivity contribution < 1.29 is 14.3 Å². The molecule has 190 valence electrons. The Morgan fingerprint density at radius 2 is 1.09 bits per heavy atom. The molecule has 0 aliphatic carbocycles. The highest BCUT2D eigenvalue weighted by Gasteiger charge is 2.45. The smallest absolute Gasteiger partial charge is 0.254 e. The molecule has 0 saturated heterocycles. The first-order valence-corrected chi connectivity index (χ1v) is 13.0. The summed E-state index contributed by atoms with van der Waals surface area (Å²) < 4.78 is 12.5. The normalized spacial score (nSPS) is 16.2. The predicted molar refractivity (Wildman–Crippen MR) is 140 cm³/mol. The lowest BCUT2D eigenvalue weighted by Gasteiger charge is -2.52. The van der Waals surface area contributed by atoms with Crippen LogP contribution in [0, 0.1) is 0 Å². The quantitative estimate of drug-likeness (QED) is 0.269. The van der Waals surface area contributed by atoms with Gasteiger partial charge in [0.25, 0.3) is 5.91 Å². The van der Waals surface area contributed by atoms with Crippen LogP contribution in [-0.2, 0) is 9.47 Å². The number of benzene rings is 1. The van der Waals surface area contributed by atoms with Gasteiger partial charge in [0.05, 0.1) is 11.2 Å². The van der Waals surface area contributed by atoms with Crippen LogP contribution in [0.5, 0.6) is 0 Å². The molecule has 0 radical (unpaired) electrons. The molecule has 0 spiro atoms. The second-order valence-electron chi connectivity index (χ2n) is 11.1. The van der Waals surface area contributed by atoms with E-state index in [9.17, 15) is 4.79 Å². The summed E-state index contributed by atoms with van der Waals surface area (Å²) in [5.74, 6) is 0.0915. The number of rotatable bonds is 15. The molecule has 1 amide bonds. The lowest BCUT2D eigenvalue weighted by atomic mass is 9.82. The lowest BCUT2D eigenvalue weighted by Crippen LogP contribution is -2.61. The standard InChI is InChI=1S/C29H51NO3/c1-11-26(5,6)32-22-20-28(9,13-3)30(25(31)24-18-16-15-17-19-24)29(10,14-4)21-23-33-27(7,8)12-2/h15-19H,11-14,20-23H2,1-10H3. The Bertz CT molecular complexity index is 679. The van der Waals surface area contributed by atoms with Crippen molar-refractivity contribution >= 4 is 5.91 Å². The fourth-order valence-corrected chi connectivity index (χ4v) is 4.04. The molecule has 1 aromatic carbocycles. The van der Waals surface area contributed by atoms with Gasteiger partial charge in [-0.25, -0.2) is 0 Å². The van der Waals surface area contributed by atoms with Gasteiger partial charge in [-0.15, -0.1) is 0 Å². The summed E-state index contributed by atoms with van der Waals surface area (Å²) in [7, 11) is 0. The van der Waals surface area contributed by atoms with Crippen LogP contribution in [0.4, 0.5) is 0 Å². The fraction of sp³-hybridized carbons (Fsp3) is 0.759. The number of carbonyl (C=O) groups excluding carboxylic acids is 1. The van der Waals surface area contributed by atoms with Crippen LogP contribution in [0.15, 0.2) is 30.3 Å². The van der Waals surface area contributed by atoms with E-state index in [1.807, 2.05) is 30.3 Å². The molecule has 0 fully saturated rings. The molecule has 33 heavy (non-hydrogen) atoms. The Balaban J connectivity index is 3.30. The van der Waals surface area contributed by atoms with Crippen molar-refractivity contribution in [1.82, 2.24) is 4.90 Å². The first-order valence-electron chi connectivity index (χ1n) is 13.0. The minimum atomic E-state index is -0.332. The molecule has 0 aliphatic rings. The first kappa shape index (κ1) is 29.6. The van der Waals surface area contributed by atoms with E-state index < -0.39 is 0 Å². The van der Waals surface area contributed by atoms with Crippen LogP contribution in [0.3, 0.4) is 0 Å². The van der Waals surface area contributed by atoms with Crippen molar-refractivity contribution in [2.45, 2.75) is 130 Å². The molecule has 0 heterocycles. The zero-order chi connectivity index (χ0) is 25.3. The second-order valence-corrected chi connectivity index (χ2v) is 11.1. The van der Waals surface area contributed by atoms with Crippen molar-refractivity contribution in [1.29, 1.82) is 0 Å². The summed E-state index contributed by atoms with van der Waals surface area (Å²) in [6.45, 7) is 22.9. The molecule has 1 aromatic rings. The fourth-order valence-electron chi connectivity index (χ4n) is 4.04. The van der Waals surface area contributed by atoms with Crippen LogP contribution < -0.4 is 0 Å². The highest BCUT2D eigenvalue weighted by Crippen LogP contribution is 2.37. The molecular formula is C29H51NO3. The Morgan fingerprint density at radius 3 is 1.42 bits per heavy atom. The average molecular weight is 462 g/mol. The van der Waals surface area contributed by atoms with E-state index in [-0.39, 0.29) is 28.2 Å². The van der Waals surface area contributed by atoms with E-state index in [1.54, 1.807) is 0 Å². The maximum Gasteiger partial charge on any atom is 0.254 e. The molecule has 1 rings (SSSR count). The van der Waals surface area contributed by atoms with E-state index in [0.29, 0.717) is 13.2 Å². The van der Waals surface area contributed by atoms with E-state index in [0.717, 1.165) is 44.1 Å². The van der Waals surface area contributed by atoms with Crippen LogP contribution in [0.2, 0.25) is 0 Å². The SMILES string of the molecule is CCC(C)(C)OCCC(C)(CC)N(C(=O)c1ccccc1)C(C)(CC)CCOC(C)(C)CC. The Morgan fingerprint density at radius 1 is 0.697 bits per heavy atom. The third-order valence-electron chi connectivity index (χ3n) is 7.80. The van der Waals surface area contributed by atoms with Gasteiger partial charge in [-0.3, -0.25) is 4.79 Å². The summed E-state index contributed by atoms with van der Waals surface area (Å²) in [5.41, 5.74) is -0.238. The zero-order valence-electron chi connectivity index (χ0n) is 23.2. The first-order chi connectivity index (χ1) is 15.3. The molecule has 0 N–H and O–H groups in total. The average Bonchev–Trinajstić information content (AvgIpc) is 2.79. The number of hydrogen-bond donors (Lipinski definition) is 0. The molecule has 0 saturated carbocycles. The van der Waals surface area contributed by atoms with Gasteiger partial charge in [0.2, 0.25) is 0 Å². The van der Waals surface area contributed by atoms with Crippen LogP contribution in [-0.4, -0.2) is 46.3 Å². The van der Waals surface area contributed by atoms with Crippen LogP contribution in [0.1, 0.15) is 118 Å². The molecular weight excluding hydrogens is 410 g/mol. The highest BCUT2D eigenvalue weighted by molar-refractivity contribution is 5.95. The third-order valence-corrected chi connectivity index (χ3v) is 7.80. The van der Waals surface area contributed by atoms with Gasteiger partial charge < -0.3 is 14.4 Å². The summed E-state index contributed by atoms with van der Waals surface area (Å²) in [6.07, 6.45) is 5.22. The van der Waals surface area contributed by atoms with Crippen molar-refractivity contribution in [2.24, 2.45) is 0 Å². The van der Waals surface area contributed by atoms with Gasteiger partial charge in [-0.2, -0.15) is 0 Å². The van der Waals surface area contributed by atoms with Crippen molar-refractivity contribution in [3.8, 4) is 0 Å². The number of amides is 1. The van der Waals surface area contributed by atoms with Crippen molar-refractivity contribution in [2.75, 3.05) is 13.2 Å². The maximum atomic E-state index is 14.0. The maximum absolute atomic E-state index is 14.0. The number of nitrogens with zero attached hydrogens (tertiary/aromatic N) is 1. The number of carbonyl (C=O) groups is 1. The van der Waals surface area contributed by atoms with E-state index in [1.165, 1.54) is 0 Å². The molecule has 4 nitrogen and oxygen atoms in total. The highest BCUT2D eigenvalue weighted by atomic mass is 16.5. The zero-order valence-corrected chi connectivity index (χ0v) is 23.2. The molecule has 2 unspecified atom stereocenters. The van der Waals surface area contributed by atoms with Crippen LogP contribution >= 0.6 is 0 Å². The number of ether oxygens (including phenoxy) is 2. The monoisotopic (exact) mass is 461 g/mol. The van der Waals surface area contributed by atoms with Gasteiger partial charge in [0.15, 0.2) is 0 Å². The minimum Gasteiger partial charge on any atom is -0.375 e. The van der Waals surface area contributed by atoms with E-state index in [4.69, 9.17) is 9.47 Å². The Labute approximate surface area is 204 Å². The van der Waals surface area contributed by atoms with Gasteiger partial charge in [-0.1, -0.05) is 45.9 Å². The number of hydrogen-bond acceptors (Lipinski definition) is 3. The summed E-state index contributed by atoms with van der Waals surface area (Å²) in [6, 6.07) is 9.69. The van der Waals surface area contributed by atoms with Gasteiger partial charge in [-0.05, 0) is 92.2 Å². The summed E-state index contributed by atoms with van der Waals surface area (Å²) in [4.78, 5) is 16.2. The Kier molecular flexibility index (Phi) is 11.1.